The fourth-order valence-electron chi connectivity index (χ4n) is 4.11. The molecule has 0 N–H and O–H groups in total. The largest absolute Gasteiger partial charge is 0.484 e. The summed E-state index contributed by atoms with van der Waals surface area (Å²) < 4.78 is 29.0. The van der Waals surface area contributed by atoms with Gasteiger partial charge in [-0.1, -0.05) is 11.6 Å². The van der Waals surface area contributed by atoms with E-state index in [1.54, 1.807) is 53.4 Å². The van der Waals surface area contributed by atoms with Crippen molar-refractivity contribution in [3.8, 4) is 5.75 Å². The average molecular weight is 477 g/mol. The van der Waals surface area contributed by atoms with E-state index in [9.17, 15) is 18.0 Å². The topological polar surface area (TPSA) is 84.0 Å². The Hall–Kier alpha value is -2.42. The lowest BCUT2D eigenvalue weighted by molar-refractivity contribution is -0.135. The number of rotatable bonds is 6. The fourth-order valence-corrected chi connectivity index (χ4v) is 5.99. The number of nitrogens with zero attached hydrogens (tertiary/aromatic N) is 2. The highest BCUT2D eigenvalue weighted by molar-refractivity contribution is 7.91. The molecule has 32 heavy (non-hydrogen) atoms. The number of amides is 1. The molecule has 170 valence electrons. The van der Waals surface area contributed by atoms with Crippen molar-refractivity contribution in [2.75, 3.05) is 44.3 Å². The van der Waals surface area contributed by atoms with Crippen LogP contribution < -0.4 is 4.74 Å². The molecule has 2 aromatic rings. The molecule has 1 amide bonds. The number of carbonyl (C=O) groups is 2. The second-order valence-corrected chi connectivity index (χ2v) is 10.8. The summed E-state index contributed by atoms with van der Waals surface area (Å²) in [6.07, 6.45) is 0.676. The van der Waals surface area contributed by atoms with Gasteiger partial charge in [-0.05, 0) is 55.0 Å². The maximum Gasteiger partial charge on any atom is 0.260 e. The van der Waals surface area contributed by atoms with Gasteiger partial charge in [0.2, 0.25) is 0 Å². The highest BCUT2D eigenvalue weighted by Crippen LogP contribution is 2.20. The van der Waals surface area contributed by atoms with Crippen LogP contribution in [0.2, 0.25) is 5.02 Å². The van der Waals surface area contributed by atoms with E-state index in [0.717, 1.165) is 0 Å². The summed E-state index contributed by atoms with van der Waals surface area (Å²) in [6, 6.07) is 13.5. The van der Waals surface area contributed by atoms with Gasteiger partial charge in [0.15, 0.2) is 22.2 Å². The Labute approximate surface area is 192 Å². The molecular formula is C23H25ClN2O5S. The van der Waals surface area contributed by atoms with Gasteiger partial charge in [0.1, 0.15) is 5.75 Å². The first kappa shape index (κ1) is 22.8. The molecule has 0 saturated carbocycles. The highest BCUT2D eigenvalue weighted by atomic mass is 35.5. The molecule has 4 rings (SSSR count). The number of ketones is 1. The number of piperazine rings is 1. The van der Waals surface area contributed by atoms with Gasteiger partial charge in [-0.15, -0.1) is 0 Å². The van der Waals surface area contributed by atoms with Crippen LogP contribution in [0.4, 0.5) is 0 Å². The maximum absolute atomic E-state index is 12.5. The normalized spacial score (nSPS) is 20.8. The Morgan fingerprint density at radius 1 is 0.938 bits per heavy atom. The molecule has 2 aliphatic heterocycles. The summed E-state index contributed by atoms with van der Waals surface area (Å²) in [5.74, 6) is 0.776. The third kappa shape index (κ3) is 5.49. The van der Waals surface area contributed by atoms with Crippen LogP contribution in [0.3, 0.4) is 0 Å². The average Bonchev–Trinajstić information content (AvgIpc) is 3.17. The number of carbonyl (C=O) groups excluding carboxylic acids is 2. The number of benzene rings is 2. The Balaban J connectivity index is 1.25. The fraction of sp³-hybridized carbons (Fsp3) is 0.391. The lowest BCUT2D eigenvalue weighted by Gasteiger charge is -2.37. The van der Waals surface area contributed by atoms with Gasteiger partial charge in [-0.2, -0.15) is 0 Å². The first-order valence-corrected chi connectivity index (χ1v) is 12.8. The Bertz CT molecular complexity index is 1080. The van der Waals surface area contributed by atoms with Crippen molar-refractivity contribution in [1.29, 1.82) is 0 Å². The van der Waals surface area contributed by atoms with Gasteiger partial charge in [-0.25, -0.2) is 8.42 Å². The van der Waals surface area contributed by atoms with Gasteiger partial charge in [0, 0.05) is 48.4 Å². The van der Waals surface area contributed by atoms with Crippen molar-refractivity contribution in [3.63, 3.8) is 0 Å². The van der Waals surface area contributed by atoms with E-state index < -0.39 is 9.84 Å². The van der Waals surface area contributed by atoms with Crippen molar-refractivity contribution >= 4 is 33.1 Å². The molecule has 1 atom stereocenters. The summed E-state index contributed by atoms with van der Waals surface area (Å²) in [5, 5.41) is 0.572. The third-order valence-electron chi connectivity index (χ3n) is 5.98. The molecule has 1 unspecified atom stereocenters. The van der Waals surface area contributed by atoms with Crippen LogP contribution in [0, 0.1) is 0 Å². The molecule has 0 aromatic heterocycles. The smallest absolute Gasteiger partial charge is 0.260 e. The van der Waals surface area contributed by atoms with Crippen LogP contribution in [0.5, 0.6) is 5.75 Å². The summed E-state index contributed by atoms with van der Waals surface area (Å²) in [5.41, 5.74) is 1.07. The molecule has 2 aromatic carbocycles. The number of hydrogen-bond acceptors (Lipinski definition) is 6. The molecule has 0 radical (unpaired) electrons. The van der Waals surface area contributed by atoms with Crippen LogP contribution in [0.1, 0.15) is 22.3 Å². The molecule has 0 bridgehead atoms. The van der Waals surface area contributed by atoms with E-state index in [4.69, 9.17) is 16.3 Å². The van der Waals surface area contributed by atoms with Crippen molar-refractivity contribution in [1.82, 2.24) is 9.80 Å². The number of hydrogen-bond donors (Lipinski definition) is 0. The van der Waals surface area contributed by atoms with E-state index in [0.29, 0.717) is 54.5 Å². The minimum Gasteiger partial charge on any atom is -0.484 e. The standard InChI is InChI=1S/C23H25ClN2O5S/c24-19-5-1-17(2-6-19)23(28)18-3-7-21(8-4-18)31-15-22(27)26-12-10-25(11-13-26)20-9-14-32(29,30)16-20/h1-8,20H,9-16H2. The van der Waals surface area contributed by atoms with Crippen molar-refractivity contribution in [2.45, 2.75) is 12.5 Å². The van der Waals surface area contributed by atoms with Crippen LogP contribution in [0.25, 0.3) is 0 Å². The van der Waals surface area contributed by atoms with Crippen molar-refractivity contribution in [2.24, 2.45) is 0 Å². The van der Waals surface area contributed by atoms with E-state index >= 15 is 0 Å². The Morgan fingerprint density at radius 3 is 2.09 bits per heavy atom. The van der Waals surface area contributed by atoms with E-state index in [1.807, 2.05) is 0 Å². The number of sulfone groups is 1. The van der Waals surface area contributed by atoms with Crippen molar-refractivity contribution in [3.05, 3.63) is 64.7 Å². The van der Waals surface area contributed by atoms with Gasteiger partial charge >= 0.3 is 0 Å². The van der Waals surface area contributed by atoms with Gasteiger partial charge in [-0.3, -0.25) is 14.5 Å². The van der Waals surface area contributed by atoms with Crippen LogP contribution in [0.15, 0.2) is 48.5 Å². The van der Waals surface area contributed by atoms with Crippen LogP contribution in [-0.4, -0.2) is 80.2 Å². The first-order chi connectivity index (χ1) is 15.3. The molecule has 2 fully saturated rings. The molecule has 0 aliphatic carbocycles. The van der Waals surface area contributed by atoms with E-state index in [1.165, 1.54) is 0 Å². The molecule has 2 heterocycles. The quantitative estimate of drug-likeness (QED) is 0.595. The summed E-state index contributed by atoms with van der Waals surface area (Å²) in [7, 11) is -2.91. The second kappa shape index (κ2) is 9.60. The third-order valence-corrected chi connectivity index (χ3v) is 7.98. The molecule has 2 aliphatic rings. The van der Waals surface area contributed by atoms with Gasteiger partial charge < -0.3 is 9.64 Å². The first-order valence-electron chi connectivity index (χ1n) is 10.6. The van der Waals surface area contributed by atoms with Gasteiger partial charge in [0.25, 0.3) is 5.91 Å². The zero-order chi connectivity index (χ0) is 22.7. The Kier molecular flexibility index (Phi) is 6.83. The minimum absolute atomic E-state index is 0.0719. The molecule has 2 saturated heterocycles. The summed E-state index contributed by atoms with van der Waals surface area (Å²) in [6.45, 7) is 2.39. The minimum atomic E-state index is -2.91. The predicted molar refractivity (Wildman–Crippen MR) is 122 cm³/mol. The van der Waals surface area contributed by atoms with Crippen LogP contribution in [-0.2, 0) is 14.6 Å². The SMILES string of the molecule is O=C(c1ccc(Cl)cc1)c1ccc(OCC(=O)N2CCN(C3CCS(=O)(=O)C3)CC2)cc1. The maximum atomic E-state index is 12.5. The lowest BCUT2D eigenvalue weighted by Crippen LogP contribution is -2.53. The summed E-state index contributed by atoms with van der Waals surface area (Å²) in [4.78, 5) is 28.9. The van der Waals surface area contributed by atoms with Gasteiger partial charge in [0.05, 0.1) is 11.5 Å². The zero-order valence-corrected chi connectivity index (χ0v) is 19.1. The van der Waals surface area contributed by atoms with E-state index in [-0.39, 0.29) is 35.8 Å². The highest BCUT2D eigenvalue weighted by Gasteiger charge is 2.34. The monoisotopic (exact) mass is 476 g/mol. The molecule has 7 nitrogen and oxygen atoms in total. The Morgan fingerprint density at radius 2 is 1.53 bits per heavy atom. The molecular weight excluding hydrogens is 452 g/mol. The predicted octanol–water partition coefficient (Wildman–Crippen LogP) is 2.28. The van der Waals surface area contributed by atoms with E-state index in [2.05, 4.69) is 4.90 Å². The molecule has 9 heteroatoms. The second-order valence-electron chi connectivity index (χ2n) is 8.12. The van der Waals surface area contributed by atoms with Crippen molar-refractivity contribution < 1.29 is 22.7 Å². The summed E-state index contributed by atoms with van der Waals surface area (Å²) >= 11 is 5.86. The number of ether oxygens (including phenoxy) is 1. The molecule has 0 spiro atoms. The lowest BCUT2D eigenvalue weighted by atomic mass is 10.0. The van der Waals surface area contributed by atoms with Crippen LogP contribution >= 0.6 is 11.6 Å². The number of halogens is 1. The zero-order valence-electron chi connectivity index (χ0n) is 17.6.